The van der Waals surface area contributed by atoms with Crippen LogP contribution in [-0.2, 0) is 4.79 Å². The number of carboxylic acid groups (broad SMARTS) is 1. The van der Waals surface area contributed by atoms with Crippen LogP contribution in [0.5, 0.6) is 11.5 Å². The number of methoxy groups -OCH3 is 1. The fraction of sp³-hybridized carbons (Fsp3) is 0.150. The van der Waals surface area contributed by atoms with E-state index >= 15 is 0 Å². The van der Waals surface area contributed by atoms with Crippen LogP contribution >= 0.6 is 15.9 Å². The van der Waals surface area contributed by atoms with Gasteiger partial charge < -0.3 is 19.6 Å². The minimum absolute atomic E-state index is 0.278. The number of allylic oxidation sites excluding steroid dienone is 1. The van der Waals surface area contributed by atoms with E-state index in [1.165, 1.54) is 7.11 Å². The van der Waals surface area contributed by atoms with Crippen molar-refractivity contribution in [2.75, 3.05) is 13.7 Å². The summed E-state index contributed by atoms with van der Waals surface area (Å²) < 4.78 is 11.1. The number of aromatic amines is 1. The molecule has 0 bridgehead atoms. The molecule has 0 radical (unpaired) electrons. The van der Waals surface area contributed by atoms with Gasteiger partial charge in [0.1, 0.15) is 11.9 Å². The number of aryl methyl sites for hydroxylation is 1. The molecule has 3 rings (SSSR count). The Morgan fingerprint density at radius 1 is 1.39 bits per heavy atom. The van der Waals surface area contributed by atoms with Crippen molar-refractivity contribution in [1.82, 2.24) is 9.97 Å². The smallest absolute Gasteiger partial charge is 0.341 e. The first-order valence-corrected chi connectivity index (χ1v) is 9.01. The Hall–Kier alpha value is -3.31. The molecule has 8 heteroatoms. The van der Waals surface area contributed by atoms with E-state index < -0.39 is 12.6 Å². The van der Waals surface area contributed by atoms with E-state index in [9.17, 15) is 10.1 Å². The van der Waals surface area contributed by atoms with Crippen LogP contribution < -0.4 is 9.47 Å². The van der Waals surface area contributed by atoms with Gasteiger partial charge >= 0.3 is 5.97 Å². The van der Waals surface area contributed by atoms with Crippen LogP contribution in [0.3, 0.4) is 0 Å². The molecule has 28 heavy (non-hydrogen) atoms. The average molecular weight is 442 g/mol. The summed E-state index contributed by atoms with van der Waals surface area (Å²) >= 11 is 3.36. The van der Waals surface area contributed by atoms with Crippen molar-refractivity contribution in [3.05, 3.63) is 51.8 Å². The molecule has 0 fully saturated rings. The number of rotatable bonds is 6. The second-order valence-corrected chi connectivity index (χ2v) is 6.85. The molecule has 0 atom stereocenters. The Labute approximate surface area is 169 Å². The van der Waals surface area contributed by atoms with Crippen LogP contribution in [-0.4, -0.2) is 34.8 Å². The largest absolute Gasteiger partial charge is 0.493 e. The molecular formula is C20H16BrN3O4. The molecule has 2 N–H and O–H groups in total. The fourth-order valence-corrected chi connectivity index (χ4v) is 3.24. The number of fused-ring (bicyclic) bond motifs is 1. The lowest BCUT2D eigenvalue weighted by atomic mass is 10.1. The Morgan fingerprint density at radius 3 is 2.86 bits per heavy atom. The van der Waals surface area contributed by atoms with E-state index in [1.807, 2.05) is 25.1 Å². The zero-order valence-corrected chi connectivity index (χ0v) is 16.7. The van der Waals surface area contributed by atoms with Gasteiger partial charge in [-0.05, 0) is 64.3 Å². The standard InChI is InChI=1S/C20H16BrN3O4/c1-11-3-4-15-16(5-11)24-20(23-15)13(9-22)6-12-7-14(21)19(17(8-12)27-2)28-10-18(25)26/h3-8H,10H2,1-2H3,(H,23,24)(H,25,26)/b13-6-. The third-order valence-corrected chi connectivity index (χ3v) is 4.50. The van der Waals surface area contributed by atoms with Gasteiger partial charge in [0.05, 0.1) is 28.2 Å². The number of benzene rings is 2. The SMILES string of the molecule is COc1cc(/C=C(/C#N)c2nc3ccc(C)cc3[nH]2)cc(Br)c1OCC(=O)O. The predicted molar refractivity (Wildman–Crippen MR) is 108 cm³/mol. The molecule has 0 saturated carbocycles. The number of aromatic nitrogens is 2. The second kappa shape index (κ2) is 8.15. The van der Waals surface area contributed by atoms with Crippen LogP contribution in [0.2, 0.25) is 0 Å². The van der Waals surface area contributed by atoms with Crippen LogP contribution in [0, 0.1) is 18.3 Å². The number of nitrogens with one attached hydrogen (secondary N) is 1. The van der Waals surface area contributed by atoms with Gasteiger partial charge in [-0.1, -0.05) is 6.07 Å². The molecule has 0 amide bonds. The zero-order chi connectivity index (χ0) is 20.3. The first-order chi connectivity index (χ1) is 13.4. The molecule has 3 aromatic rings. The number of aliphatic carboxylic acids is 1. The van der Waals surface area contributed by atoms with Crippen LogP contribution in [0.25, 0.3) is 22.7 Å². The number of ether oxygens (including phenoxy) is 2. The number of halogens is 1. The molecule has 1 aromatic heterocycles. The van der Waals surface area contributed by atoms with Crippen molar-refractivity contribution in [2.45, 2.75) is 6.92 Å². The highest BCUT2D eigenvalue weighted by Crippen LogP contribution is 2.37. The molecular weight excluding hydrogens is 426 g/mol. The Bertz CT molecular complexity index is 1130. The van der Waals surface area contributed by atoms with Crippen molar-refractivity contribution in [2.24, 2.45) is 0 Å². The van der Waals surface area contributed by atoms with Gasteiger partial charge in [0, 0.05) is 0 Å². The molecule has 2 aromatic carbocycles. The lowest BCUT2D eigenvalue weighted by Crippen LogP contribution is -2.10. The number of hydrogen-bond acceptors (Lipinski definition) is 5. The average Bonchev–Trinajstić information content (AvgIpc) is 3.07. The molecule has 0 unspecified atom stereocenters. The van der Waals surface area contributed by atoms with Gasteiger partial charge in [-0.25, -0.2) is 9.78 Å². The molecule has 0 aliphatic carbocycles. The van der Waals surface area contributed by atoms with Crippen molar-refractivity contribution in [3.8, 4) is 17.6 Å². The van der Waals surface area contributed by atoms with Gasteiger partial charge in [0.25, 0.3) is 0 Å². The lowest BCUT2D eigenvalue weighted by molar-refractivity contribution is -0.139. The maximum absolute atomic E-state index is 10.7. The van der Waals surface area contributed by atoms with E-state index in [1.54, 1.807) is 18.2 Å². The van der Waals surface area contributed by atoms with Gasteiger partial charge in [-0.3, -0.25) is 0 Å². The van der Waals surface area contributed by atoms with Crippen molar-refractivity contribution in [1.29, 1.82) is 5.26 Å². The normalized spacial score (nSPS) is 11.3. The summed E-state index contributed by atoms with van der Waals surface area (Å²) in [6.07, 6.45) is 1.67. The fourth-order valence-electron chi connectivity index (χ4n) is 2.67. The highest BCUT2D eigenvalue weighted by molar-refractivity contribution is 9.10. The van der Waals surface area contributed by atoms with Gasteiger partial charge in [0.2, 0.25) is 0 Å². The van der Waals surface area contributed by atoms with E-state index in [0.717, 1.165) is 16.6 Å². The lowest BCUT2D eigenvalue weighted by Gasteiger charge is -2.12. The zero-order valence-electron chi connectivity index (χ0n) is 15.1. The number of nitrogens with zero attached hydrogens (tertiary/aromatic N) is 2. The second-order valence-electron chi connectivity index (χ2n) is 5.99. The Kier molecular flexibility index (Phi) is 5.66. The number of carbonyl (C=O) groups is 1. The summed E-state index contributed by atoms with van der Waals surface area (Å²) in [6, 6.07) is 11.4. The van der Waals surface area contributed by atoms with E-state index in [4.69, 9.17) is 14.6 Å². The van der Waals surface area contributed by atoms with Crippen LogP contribution in [0.15, 0.2) is 34.8 Å². The molecule has 0 aliphatic heterocycles. The molecule has 1 heterocycles. The summed E-state index contributed by atoms with van der Waals surface area (Å²) in [6.45, 7) is 1.49. The van der Waals surface area contributed by atoms with Crippen molar-refractivity contribution in [3.63, 3.8) is 0 Å². The predicted octanol–water partition coefficient (Wildman–Crippen LogP) is 4.17. The third-order valence-electron chi connectivity index (χ3n) is 3.92. The molecule has 142 valence electrons. The number of hydrogen-bond donors (Lipinski definition) is 2. The summed E-state index contributed by atoms with van der Waals surface area (Å²) in [5.41, 5.74) is 3.74. The van der Waals surface area contributed by atoms with Gasteiger partial charge in [0.15, 0.2) is 18.1 Å². The third kappa shape index (κ3) is 4.15. The van der Waals surface area contributed by atoms with Gasteiger partial charge in [-0.2, -0.15) is 5.26 Å². The van der Waals surface area contributed by atoms with Crippen molar-refractivity contribution < 1.29 is 19.4 Å². The summed E-state index contributed by atoms with van der Waals surface area (Å²) in [7, 11) is 1.45. The quantitative estimate of drug-likeness (QED) is 0.555. The summed E-state index contributed by atoms with van der Waals surface area (Å²) in [5.74, 6) is -0.00614. The minimum Gasteiger partial charge on any atom is -0.493 e. The summed E-state index contributed by atoms with van der Waals surface area (Å²) in [5, 5.41) is 18.4. The van der Waals surface area contributed by atoms with Crippen LogP contribution in [0.4, 0.5) is 0 Å². The summed E-state index contributed by atoms with van der Waals surface area (Å²) in [4.78, 5) is 18.4. The molecule has 0 spiro atoms. The Balaban J connectivity index is 2.00. The minimum atomic E-state index is -1.09. The molecule has 7 nitrogen and oxygen atoms in total. The number of nitriles is 1. The van der Waals surface area contributed by atoms with Crippen LogP contribution in [0.1, 0.15) is 17.0 Å². The van der Waals surface area contributed by atoms with E-state index in [2.05, 4.69) is 32.0 Å². The topological polar surface area (TPSA) is 108 Å². The van der Waals surface area contributed by atoms with E-state index in [-0.39, 0.29) is 5.75 Å². The first-order valence-electron chi connectivity index (χ1n) is 8.22. The molecule has 0 aliphatic rings. The Morgan fingerprint density at radius 2 is 2.18 bits per heavy atom. The molecule has 0 saturated heterocycles. The number of imidazole rings is 1. The maximum atomic E-state index is 10.7. The van der Waals surface area contributed by atoms with Gasteiger partial charge in [-0.15, -0.1) is 0 Å². The highest BCUT2D eigenvalue weighted by Gasteiger charge is 2.14. The first kappa shape index (κ1) is 19.5. The highest BCUT2D eigenvalue weighted by atomic mass is 79.9. The monoisotopic (exact) mass is 441 g/mol. The van der Waals surface area contributed by atoms with E-state index in [0.29, 0.717) is 27.2 Å². The van der Waals surface area contributed by atoms with Crippen molar-refractivity contribution >= 4 is 44.6 Å². The number of carboxylic acids is 1. The number of H-pyrrole nitrogens is 1. The maximum Gasteiger partial charge on any atom is 0.341 e.